The third-order valence-corrected chi connectivity index (χ3v) is 5.48. The number of piperidine rings is 2. The van der Waals surface area contributed by atoms with Crippen molar-refractivity contribution < 1.29 is 0 Å². The van der Waals surface area contributed by atoms with E-state index in [0.717, 1.165) is 18.5 Å². The molecule has 3 unspecified atom stereocenters. The van der Waals surface area contributed by atoms with Gasteiger partial charge in [0.05, 0.1) is 0 Å². The normalized spacial score (nSPS) is 29.1. The average Bonchev–Trinajstić information content (AvgIpc) is 2.50. The summed E-state index contributed by atoms with van der Waals surface area (Å²) in [6.07, 6.45) is 7.86. The molecule has 0 saturated carbocycles. The van der Waals surface area contributed by atoms with Crippen LogP contribution in [-0.4, -0.2) is 54.1 Å². The molecule has 1 aromatic rings. The van der Waals surface area contributed by atoms with Gasteiger partial charge in [-0.05, 0) is 62.9 Å². The molecule has 2 saturated heterocycles. The predicted molar refractivity (Wildman–Crippen MR) is 86.1 cm³/mol. The van der Waals surface area contributed by atoms with E-state index in [4.69, 9.17) is 5.73 Å². The molecule has 3 heterocycles. The van der Waals surface area contributed by atoms with Crippen LogP contribution >= 0.6 is 0 Å². The lowest BCUT2D eigenvalue weighted by Gasteiger charge is -2.48. The van der Waals surface area contributed by atoms with Crippen LogP contribution in [0.3, 0.4) is 0 Å². The van der Waals surface area contributed by atoms with Crippen molar-refractivity contribution >= 4 is 0 Å². The molecule has 3 rings (SSSR count). The van der Waals surface area contributed by atoms with Crippen LogP contribution in [0.5, 0.6) is 0 Å². The van der Waals surface area contributed by atoms with Gasteiger partial charge in [0.2, 0.25) is 0 Å². The third kappa shape index (κ3) is 2.98. The number of aryl methyl sites for hydroxylation is 1. The monoisotopic (exact) mass is 288 g/mol. The molecular weight excluding hydrogens is 260 g/mol. The van der Waals surface area contributed by atoms with Crippen molar-refractivity contribution in [2.75, 3.05) is 33.2 Å². The van der Waals surface area contributed by atoms with Crippen LogP contribution in [0, 0.1) is 12.8 Å². The van der Waals surface area contributed by atoms with Crippen LogP contribution in [0.2, 0.25) is 0 Å². The summed E-state index contributed by atoms with van der Waals surface area (Å²) < 4.78 is 0. The molecule has 0 radical (unpaired) electrons. The first-order chi connectivity index (χ1) is 10.2. The molecule has 3 atom stereocenters. The van der Waals surface area contributed by atoms with E-state index in [1.807, 2.05) is 12.4 Å². The fourth-order valence-corrected chi connectivity index (χ4v) is 4.26. The van der Waals surface area contributed by atoms with Crippen molar-refractivity contribution in [3.8, 4) is 0 Å². The fourth-order valence-electron chi connectivity index (χ4n) is 4.26. The molecular formula is C17H28N4. The summed E-state index contributed by atoms with van der Waals surface area (Å²) in [5.74, 6) is 0.809. The second-order valence-electron chi connectivity index (χ2n) is 6.72. The molecule has 1 aromatic heterocycles. The number of hydrogen-bond acceptors (Lipinski definition) is 4. The first-order valence-electron chi connectivity index (χ1n) is 8.25. The highest BCUT2D eigenvalue weighted by Crippen LogP contribution is 2.33. The van der Waals surface area contributed by atoms with Gasteiger partial charge in [-0.25, -0.2) is 0 Å². The standard InChI is InChI=1S/C17H28N4/c1-13-5-7-19-11-15(13)17(10-18)21-9-6-16-14(12-21)4-3-8-20(16)2/h5,7,11,14,16-17H,3-4,6,8-10,12,18H2,1-2H3. The molecule has 0 aliphatic carbocycles. The zero-order valence-electron chi connectivity index (χ0n) is 13.3. The van der Waals surface area contributed by atoms with Crippen molar-refractivity contribution in [1.82, 2.24) is 14.8 Å². The van der Waals surface area contributed by atoms with E-state index in [-0.39, 0.29) is 0 Å². The van der Waals surface area contributed by atoms with E-state index < -0.39 is 0 Å². The summed E-state index contributed by atoms with van der Waals surface area (Å²) in [5.41, 5.74) is 8.74. The van der Waals surface area contributed by atoms with Crippen molar-refractivity contribution in [2.24, 2.45) is 11.7 Å². The van der Waals surface area contributed by atoms with Gasteiger partial charge in [0.15, 0.2) is 0 Å². The van der Waals surface area contributed by atoms with Crippen LogP contribution in [0.1, 0.15) is 36.4 Å². The number of pyridine rings is 1. The highest BCUT2D eigenvalue weighted by molar-refractivity contribution is 5.25. The van der Waals surface area contributed by atoms with Crippen LogP contribution in [-0.2, 0) is 0 Å². The second-order valence-corrected chi connectivity index (χ2v) is 6.72. The highest BCUT2D eigenvalue weighted by atomic mass is 15.2. The Hall–Kier alpha value is -0.970. The first-order valence-corrected chi connectivity index (χ1v) is 8.25. The van der Waals surface area contributed by atoms with E-state index in [2.05, 4.69) is 34.8 Å². The number of rotatable bonds is 3. The van der Waals surface area contributed by atoms with E-state index in [9.17, 15) is 0 Å². The molecule has 0 amide bonds. The summed E-state index contributed by atoms with van der Waals surface area (Å²) >= 11 is 0. The SMILES string of the molecule is Cc1ccncc1C(CN)N1CCC2C(CCCN2C)C1. The zero-order chi connectivity index (χ0) is 14.8. The minimum absolute atomic E-state index is 0.326. The maximum atomic E-state index is 6.12. The molecule has 2 aliphatic rings. The van der Waals surface area contributed by atoms with E-state index in [0.29, 0.717) is 12.6 Å². The van der Waals surface area contributed by atoms with Gasteiger partial charge in [-0.1, -0.05) is 0 Å². The summed E-state index contributed by atoms with van der Waals surface area (Å²) in [4.78, 5) is 9.48. The second kappa shape index (κ2) is 6.42. The first kappa shape index (κ1) is 14.9. The molecule has 0 bridgehead atoms. The Morgan fingerprint density at radius 2 is 2.24 bits per heavy atom. The molecule has 0 aromatic carbocycles. The summed E-state index contributed by atoms with van der Waals surface area (Å²) in [6, 6.07) is 3.20. The van der Waals surface area contributed by atoms with E-state index in [1.54, 1.807) is 0 Å². The van der Waals surface area contributed by atoms with Gasteiger partial charge in [-0.3, -0.25) is 9.88 Å². The van der Waals surface area contributed by atoms with Crippen molar-refractivity contribution in [3.63, 3.8) is 0 Å². The molecule has 2 fully saturated rings. The summed E-state index contributed by atoms with van der Waals surface area (Å²) in [5, 5.41) is 0. The average molecular weight is 288 g/mol. The van der Waals surface area contributed by atoms with Gasteiger partial charge >= 0.3 is 0 Å². The van der Waals surface area contributed by atoms with E-state index >= 15 is 0 Å². The van der Waals surface area contributed by atoms with Gasteiger partial charge in [0, 0.05) is 44.1 Å². The van der Waals surface area contributed by atoms with Crippen molar-refractivity contribution in [3.05, 3.63) is 29.6 Å². The van der Waals surface area contributed by atoms with Crippen LogP contribution in [0.25, 0.3) is 0 Å². The van der Waals surface area contributed by atoms with Gasteiger partial charge < -0.3 is 10.6 Å². The quantitative estimate of drug-likeness (QED) is 0.921. The van der Waals surface area contributed by atoms with Crippen LogP contribution < -0.4 is 5.73 Å². The minimum atomic E-state index is 0.326. The zero-order valence-corrected chi connectivity index (χ0v) is 13.3. The third-order valence-electron chi connectivity index (χ3n) is 5.48. The Labute approximate surface area is 128 Å². The van der Waals surface area contributed by atoms with Crippen LogP contribution in [0.15, 0.2) is 18.5 Å². The predicted octanol–water partition coefficient (Wildman–Crippen LogP) is 1.81. The number of nitrogens with two attached hydrogens (primary N) is 1. The lowest BCUT2D eigenvalue weighted by Crippen LogP contribution is -2.54. The van der Waals surface area contributed by atoms with Gasteiger partial charge in [0.25, 0.3) is 0 Å². The Kier molecular flexibility index (Phi) is 4.57. The molecule has 21 heavy (non-hydrogen) atoms. The number of likely N-dealkylation sites (tertiary alicyclic amines) is 2. The maximum Gasteiger partial charge on any atom is 0.0488 e. The fraction of sp³-hybridized carbons (Fsp3) is 0.706. The van der Waals surface area contributed by atoms with Crippen LogP contribution in [0.4, 0.5) is 0 Å². The summed E-state index contributed by atoms with van der Waals surface area (Å²) in [7, 11) is 2.29. The van der Waals surface area contributed by atoms with Crippen molar-refractivity contribution in [1.29, 1.82) is 0 Å². The van der Waals surface area contributed by atoms with Gasteiger partial charge in [-0.2, -0.15) is 0 Å². The smallest absolute Gasteiger partial charge is 0.0488 e. The number of fused-ring (bicyclic) bond motifs is 1. The molecule has 116 valence electrons. The topological polar surface area (TPSA) is 45.4 Å². The lowest BCUT2D eigenvalue weighted by atomic mass is 9.83. The molecule has 2 N–H and O–H groups in total. The van der Waals surface area contributed by atoms with Gasteiger partial charge in [-0.15, -0.1) is 0 Å². The number of nitrogens with zero attached hydrogens (tertiary/aromatic N) is 3. The molecule has 0 spiro atoms. The Morgan fingerprint density at radius 3 is 3.00 bits per heavy atom. The van der Waals surface area contributed by atoms with Crippen molar-refractivity contribution in [2.45, 2.75) is 38.3 Å². The minimum Gasteiger partial charge on any atom is -0.329 e. The molecule has 4 heteroatoms. The Morgan fingerprint density at radius 1 is 1.38 bits per heavy atom. The van der Waals surface area contributed by atoms with Gasteiger partial charge in [0.1, 0.15) is 0 Å². The maximum absolute atomic E-state index is 6.12. The largest absolute Gasteiger partial charge is 0.329 e. The molecule has 2 aliphatic heterocycles. The lowest BCUT2D eigenvalue weighted by molar-refractivity contribution is 0.0209. The number of aromatic nitrogens is 1. The summed E-state index contributed by atoms with van der Waals surface area (Å²) in [6.45, 7) is 6.46. The Bertz CT molecular complexity index is 476. The van der Waals surface area contributed by atoms with E-state index in [1.165, 1.54) is 43.5 Å². The highest BCUT2D eigenvalue weighted by Gasteiger charge is 2.36. The molecule has 4 nitrogen and oxygen atoms in total. The Balaban J connectivity index is 1.75. The number of hydrogen-bond donors (Lipinski definition) is 1.